The van der Waals surface area contributed by atoms with Crippen LogP contribution in [0.25, 0.3) is 0 Å². The number of likely N-dealkylation sites (tertiary alicyclic amines) is 1. The Labute approximate surface area is 99.8 Å². The van der Waals surface area contributed by atoms with Gasteiger partial charge in [-0.05, 0) is 0 Å². The second kappa shape index (κ2) is 4.85. The molecule has 0 aromatic carbocycles. The second-order valence-corrected chi connectivity index (χ2v) is 4.35. The van der Waals surface area contributed by atoms with Gasteiger partial charge in [0.1, 0.15) is 6.04 Å². The number of hydrogen-bond donors (Lipinski definition) is 1. The van der Waals surface area contributed by atoms with E-state index in [4.69, 9.17) is 4.74 Å². The molecule has 1 aliphatic heterocycles. The predicted molar refractivity (Wildman–Crippen MR) is 60.0 cm³/mol. The van der Waals surface area contributed by atoms with E-state index < -0.39 is 6.10 Å². The Balaban J connectivity index is 2.08. The van der Waals surface area contributed by atoms with E-state index in [-0.39, 0.29) is 12.0 Å². The minimum absolute atomic E-state index is 0.288. The number of aryl methyl sites for hydroxylation is 1. The number of imidazole rings is 1. The Morgan fingerprint density at radius 2 is 2.47 bits per heavy atom. The van der Waals surface area contributed by atoms with Crippen LogP contribution < -0.4 is 0 Å². The van der Waals surface area contributed by atoms with Gasteiger partial charge in [-0.2, -0.15) is 0 Å². The molecule has 2 heterocycles. The van der Waals surface area contributed by atoms with Crippen LogP contribution in [0, 0.1) is 0 Å². The number of aliphatic hydroxyl groups is 1. The van der Waals surface area contributed by atoms with Gasteiger partial charge in [0, 0.05) is 32.8 Å². The van der Waals surface area contributed by atoms with Crippen LogP contribution in [0.4, 0.5) is 0 Å². The van der Waals surface area contributed by atoms with Gasteiger partial charge in [-0.15, -0.1) is 0 Å². The molecule has 2 rings (SSSR count). The molecule has 0 spiro atoms. The molecule has 1 fully saturated rings. The van der Waals surface area contributed by atoms with Gasteiger partial charge in [-0.1, -0.05) is 0 Å². The fourth-order valence-electron chi connectivity index (χ4n) is 2.18. The van der Waals surface area contributed by atoms with Crippen molar-refractivity contribution in [3.63, 3.8) is 0 Å². The summed E-state index contributed by atoms with van der Waals surface area (Å²) in [6.45, 7) is 1.08. The molecule has 17 heavy (non-hydrogen) atoms. The summed E-state index contributed by atoms with van der Waals surface area (Å²) in [5, 5.41) is 9.64. The number of esters is 1. The van der Waals surface area contributed by atoms with E-state index in [9.17, 15) is 9.90 Å². The van der Waals surface area contributed by atoms with Gasteiger partial charge >= 0.3 is 5.97 Å². The lowest BCUT2D eigenvalue weighted by Crippen LogP contribution is -2.36. The molecule has 94 valence electrons. The largest absolute Gasteiger partial charge is 0.468 e. The summed E-state index contributed by atoms with van der Waals surface area (Å²) in [6.07, 6.45) is 3.45. The Bertz CT molecular complexity index is 404. The van der Waals surface area contributed by atoms with Crippen molar-refractivity contribution in [2.75, 3.05) is 13.7 Å². The van der Waals surface area contributed by atoms with Gasteiger partial charge in [0.2, 0.25) is 0 Å². The van der Waals surface area contributed by atoms with Crippen molar-refractivity contribution >= 4 is 5.97 Å². The summed E-state index contributed by atoms with van der Waals surface area (Å²) >= 11 is 0. The van der Waals surface area contributed by atoms with Gasteiger partial charge in [0.25, 0.3) is 0 Å². The van der Waals surface area contributed by atoms with Gasteiger partial charge in [-0.25, -0.2) is 4.98 Å². The molecule has 1 saturated heterocycles. The zero-order chi connectivity index (χ0) is 12.4. The highest BCUT2D eigenvalue weighted by Gasteiger charge is 2.36. The molecule has 1 N–H and O–H groups in total. The van der Waals surface area contributed by atoms with E-state index in [1.807, 2.05) is 16.5 Å². The highest BCUT2D eigenvalue weighted by Crippen LogP contribution is 2.21. The fraction of sp³-hybridized carbons (Fsp3) is 0.636. The van der Waals surface area contributed by atoms with Crippen LogP contribution in [0.3, 0.4) is 0 Å². The number of aromatic nitrogens is 2. The highest BCUT2D eigenvalue weighted by atomic mass is 16.5. The van der Waals surface area contributed by atoms with Crippen LogP contribution in [-0.2, 0) is 23.1 Å². The van der Waals surface area contributed by atoms with Crippen molar-refractivity contribution in [3.05, 3.63) is 18.2 Å². The lowest BCUT2D eigenvalue weighted by molar-refractivity contribution is -0.146. The Kier molecular flexibility index (Phi) is 3.44. The number of rotatable bonds is 3. The number of nitrogens with zero attached hydrogens (tertiary/aromatic N) is 3. The van der Waals surface area contributed by atoms with Crippen molar-refractivity contribution < 1.29 is 14.6 Å². The molecule has 1 aliphatic rings. The molecule has 6 nitrogen and oxygen atoms in total. The van der Waals surface area contributed by atoms with Crippen molar-refractivity contribution in [1.82, 2.24) is 14.5 Å². The van der Waals surface area contributed by atoms with Crippen LogP contribution in [0.2, 0.25) is 0 Å². The second-order valence-electron chi connectivity index (χ2n) is 4.35. The summed E-state index contributed by atoms with van der Waals surface area (Å²) in [6, 6.07) is -0.357. The Hall–Kier alpha value is -1.40. The Morgan fingerprint density at radius 3 is 3.06 bits per heavy atom. The van der Waals surface area contributed by atoms with E-state index in [1.54, 1.807) is 12.5 Å². The maximum atomic E-state index is 11.6. The lowest BCUT2D eigenvalue weighted by Gasteiger charge is -2.21. The molecule has 2 atom stereocenters. The first-order valence-electron chi connectivity index (χ1n) is 5.57. The van der Waals surface area contributed by atoms with Gasteiger partial charge < -0.3 is 14.4 Å². The van der Waals surface area contributed by atoms with E-state index in [0.717, 1.165) is 5.69 Å². The number of ether oxygens (including phenoxy) is 1. The number of methoxy groups -OCH3 is 1. The SMILES string of the molecule is COC(=O)C1CC(O)CN1Cc1cncn1C. The topological polar surface area (TPSA) is 67.6 Å². The van der Waals surface area contributed by atoms with Crippen LogP contribution >= 0.6 is 0 Å². The molecule has 1 aromatic heterocycles. The summed E-state index contributed by atoms with van der Waals surface area (Å²) in [5.74, 6) is -0.288. The molecule has 0 bridgehead atoms. The lowest BCUT2D eigenvalue weighted by atomic mass is 10.2. The highest BCUT2D eigenvalue weighted by molar-refractivity contribution is 5.76. The zero-order valence-corrected chi connectivity index (χ0v) is 10.0. The molecule has 0 aliphatic carbocycles. The number of carbonyl (C=O) groups excluding carboxylic acids is 1. The van der Waals surface area contributed by atoms with E-state index >= 15 is 0 Å². The van der Waals surface area contributed by atoms with Crippen molar-refractivity contribution in [2.24, 2.45) is 7.05 Å². The van der Waals surface area contributed by atoms with E-state index in [2.05, 4.69) is 4.98 Å². The summed E-state index contributed by atoms with van der Waals surface area (Å²) < 4.78 is 6.65. The number of carbonyl (C=O) groups is 1. The Morgan fingerprint density at radius 1 is 1.71 bits per heavy atom. The summed E-state index contributed by atoms with van der Waals surface area (Å²) in [4.78, 5) is 17.5. The molecule has 1 aromatic rings. The predicted octanol–water partition coefficient (Wildman–Crippen LogP) is -0.472. The van der Waals surface area contributed by atoms with Gasteiger partial charge in [0.15, 0.2) is 0 Å². The fourth-order valence-corrected chi connectivity index (χ4v) is 2.18. The maximum absolute atomic E-state index is 11.6. The van der Waals surface area contributed by atoms with Crippen LogP contribution in [0.15, 0.2) is 12.5 Å². The quantitative estimate of drug-likeness (QED) is 0.722. The summed E-state index contributed by atoms with van der Waals surface area (Å²) in [5.41, 5.74) is 1.01. The van der Waals surface area contributed by atoms with Crippen LogP contribution in [0.5, 0.6) is 0 Å². The molecule has 0 amide bonds. The number of β-amino-alcohol motifs (C(OH)–C–C–N with tert-alkyl or cyclic N) is 1. The van der Waals surface area contributed by atoms with Gasteiger partial charge in [-0.3, -0.25) is 9.69 Å². The molecule has 6 heteroatoms. The molecule has 2 unspecified atom stereocenters. The third-order valence-corrected chi connectivity index (χ3v) is 3.14. The van der Waals surface area contributed by atoms with Crippen molar-refractivity contribution in [3.8, 4) is 0 Å². The smallest absolute Gasteiger partial charge is 0.323 e. The van der Waals surface area contributed by atoms with E-state index in [0.29, 0.717) is 19.5 Å². The third kappa shape index (κ3) is 2.48. The first kappa shape index (κ1) is 12.1. The first-order chi connectivity index (χ1) is 8.11. The van der Waals surface area contributed by atoms with Gasteiger partial charge in [0.05, 0.1) is 25.2 Å². The normalized spacial score (nSPS) is 25.1. The monoisotopic (exact) mass is 239 g/mol. The first-order valence-corrected chi connectivity index (χ1v) is 5.57. The standard InChI is InChI=1S/C11H17N3O3/c1-13-7-12-4-8(13)5-14-6-9(15)3-10(14)11(16)17-2/h4,7,9-10,15H,3,5-6H2,1-2H3. The summed E-state index contributed by atoms with van der Waals surface area (Å²) in [7, 11) is 3.28. The van der Waals surface area contributed by atoms with Crippen LogP contribution in [0.1, 0.15) is 12.1 Å². The van der Waals surface area contributed by atoms with Crippen molar-refractivity contribution in [2.45, 2.75) is 25.1 Å². The molecule has 0 radical (unpaired) electrons. The number of aliphatic hydroxyl groups excluding tert-OH is 1. The maximum Gasteiger partial charge on any atom is 0.323 e. The van der Waals surface area contributed by atoms with E-state index in [1.165, 1.54) is 7.11 Å². The molecular weight excluding hydrogens is 222 g/mol. The minimum atomic E-state index is -0.465. The molecule has 0 saturated carbocycles. The zero-order valence-electron chi connectivity index (χ0n) is 10.0. The van der Waals surface area contributed by atoms with Crippen LogP contribution in [-0.4, -0.2) is 51.3 Å². The molecular formula is C11H17N3O3. The number of hydrogen-bond acceptors (Lipinski definition) is 5. The minimum Gasteiger partial charge on any atom is -0.468 e. The average molecular weight is 239 g/mol. The third-order valence-electron chi connectivity index (χ3n) is 3.14. The van der Waals surface area contributed by atoms with Crippen molar-refractivity contribution in [1.29, 1.82) is 0 Å². The average Bonchev–Trinajstić information content (AvgIpc) is 2.86.